The third-order valence-electron chi connectivity index (χ3n) is 2.34. The Kier molecular flexibility index (Phi) is 4.14. The van der Waals surface area contributed by atoms with Crippen LogP contribution in [0.4, 0.5) is 0 Å². The Morgan fingerprint density at radius 3 is 2.71 bits per heavy atom. The van der Waals surface area contributed by atoms with E-state index in [0.29, 0.717) is 5.92 Å². The average molecular weight is 196 g/mol. The molecule has 0 fully saturated rings. The zero-order valence-electron chi connectivity index (χ0n) is 9.58. The molecule has 14 heavy (non-hydrogen) atoms. The van der Waals surface area contributed by atoms with Crippen molar-refractivity contribution in [3.8, 4) is 0 Å². The van der Waals surface area contributed by atoms with E-state index in [9.17, 15) is 0 Å². The molecule has 0 aliphatic rings. The van der Waals surface area contributed by atoms with Gasteiger partial charge in [0.2, 0.25) is 0 Å². The first-order valence-electron chi connectivity index (χ1n) is 5.18. The number of methoxy groups -OCH3 is 1. The normalized spacial score (nSPS) is 11.2. The number of rotatable bonds is 5. The zero-order chi connectivity index (χ0) is 10.6. The molecule has 0 radical (unpaired) electrons. The summed E-state index contributed by atoms with van der Waals surface area (Å²) in [6.07, 6.45) is 3.17. The van der Waals surface area contributed by atoms with E-state index in [4.69, 9.17) is 4.74 Å². The molecule has 80 valence electrons. The number of aromatic nitrogens is 2. The number of nitrogens with zero attached hydrogens (tertiary/aromatic N) is 2. The van der Waals surface area contributed by atoms with E-state index in [2.05, 4.69) is 32.1 Å². The van der Waals surface area contributed by atoms with Crippen LogP contribution in [-0.4, -0.2) is 23.5 Å². The van der Waals surface area contributed by atoms with Gasteiger partial charge in [-0.05, 0) is 24.8 Å². The lowest BCUT2D eigenvalue weighted by Gasteiger charge is -2.01. The Hall–Kier alpha value is -0.830. The van der Waals surface area contributed by atoms with Gasteiger partial charge in [-0.15, -0.1) is 0 Å². The predicted octanol–water partition coefficient (Wildman–Crippen LogP) is 2.35. The highest BCUT2D eigenvalue weighted by molar-refractivity contribution is 5.18. The van der Waals surface area contributed by atoms with Crippen molar-refractivity contribution in [3.63, 3.8) is 0 Å². The average Bonchev–Trinajstić information content (AvgIpc) is 2.47. The van der Waals surface area contributed by atoms with Gasteiger partial charge in [0.1, 0.15) is 0 Å². The molecule has 0 spiro atoms. The second-order valence-corrected chi connectivity index (χ2v) is 3.93. The molecule has 1 aromatic heterocycles. The van der Waals surface area contributed by atoms with Gasteiger partial charge in [-0.1, -0.05) is 13.8 Å². The van der Waals surface area contributed by atoms with Gasteiger partial charge in [0, 0.05) is 26.5 Å². The van der Waals surface area contributed by atoms with E-state index >= 15 is 0 Å². The molecular weight excluding hydrogens is 176 g/mol. The van der Waals surface area contributed by atoms with Crippen LogP contribution in [0.25, 0.3) is 0 Å². The van der Waals surface area contributed by atoms with Gasteiger partial charge in [-0.25, -0.2) is 0 Å². The minimum Gasteiger partial charge on any atom is -0.385 e. The van der Waals surface area contributed by atoms with E-state index in [1.54, 1.807) is 7.11 Å². The van der Waals surface area contributed by atoms with Crippen LogP contribution in [0.5, 0.6) is 0 Å². The number of hydrogen-bond donors (Lipinski definition) is 0. The maximum absolute atomic E-state index is 5.01. The predicted molar refractivity (Wildman–Crippen MR) is 57.5 cm³/mol. The fraction of sp³-hybridized carbons (Fsp3) is 0.727. The lowest BCUT2D eigenvalue weighted by molar-refractivity contribution is 0.189. The summed E-state index contributed by atoms with van der Waals surface area (Å²) in [5, 5.41) is 4.46. The second kappa shape index (κ2) is 5.15. The molecule has 0 bridgehead atoms. The summed E-state index contributed by atoms with van der Waals surface area (Å²) in [5.74, 6) is 0.561. The Balaban J connectivity index is 2.57. The first-order chi connectivity index (χ1) is 6.65. The van der Waals surface area contributed by atoms with Gasteiger partial charge in [0.15, 0.2) is 0 Å². The molecule has 0 aliphatic heterocycles. The van der Waals surface area contributed by atoms with Crippen LogP contribution < -0.4 is 0 Å². The number of hydrogen-bond acceptors (Lipinski definition) is 2. The Bertz CT molecular complexity index is 279. The van der Waals surface area contributed by atoms with Crippen molar-refractivity contribution in [1.82, 2.24) is 9.78 Å². The number of aryl methyl sites for hydroxylation is 2. The molecule has 0 atom stereocenters. The van der Waals surface area contributed by atoms with Crippen LogP contribution in [0.1, 0.15) is 37.4 Å². The van der Waals surface area contributed by atoms with Crippen molar-refractivity contribution in [3.05, 3.63) is 17.5 Å². The van der Waals surface area contributed by atoms with Crippen LogP contribution in [0.3, 0.4) is 0 Å². The van der Waals surface area contributed by atoms with Gasteiger partial charge in [-0.3, -0.25) is 4.68 Å². The van der Waals surface area contributed by atoms with E-state index in [1.165, 1.54) is 5.56 Å². The molecule has 3 heteroatoms. The molecule has 0 aromatic carbocycles. The van der Waals surface area contributed by atoms with E-state index < -0.39 is 0 Å². The van der Waals surface area contributed by atoms with Crippen molar-refractivity contribution in [1.29, 1.82) is 0 Å². The second-order valence-electron chi connectivity index (χ2n) is 3.93. The Morgan fingerprint density at radius 1 is 1.50 bits per heavy atom. The monoisotopic (exact) mass is 196 g/mol. The minimum atomic E-state index is 0.561. The molecule has 0 saturated heterocycles. The van der Waals surface area contributed by atoms with E-state index in [1.807, 2.05) is 4.68 Å². The molecular formula is C11H20N2O. The Morgan fingerprint density at radius 2 is 2.21 bits per heavy atom. The third-order valence-corrected chi connectivity index (χ3v) is 2.34. The highest BCUT2D eigenvalue weighted by atomic mass is 16.5. The van der Waals surface area contributed by atoms with Gasteiger partial charge in [0.25, 0.3) is 0 Å². The summed E-state index contributed by atoms with van der Waals surface area (Å²) < 4.78 is 7.02. The molecule has 1 aromatic rings. The fourth-order valence-electron chi connectivity index (χ4n) is 1.59. The first-order valence-corrected chi connectivity index (χ1v) is 5.18. The molecule has 3 nitrogen and oxygen atoms in total. The van der Waals surface area contributed by atoms with Crippen molar-refractivity contribution < 1.29 is 4.74 Å². The van der Waals surface area contributed by atoms with Gasteiger partial charge >= 0.3 is 0 Å². The van der Waals surface area contributed by atoms with Crippen molar-refractivity contribution in [2.45, 2.75) is 39.7 Å². The summed E-state index contributed by atoms with van der Waals surface area (Å²) in [6, 6.07) is 0. The lowest BCUT2D eigenvalue weighted by atomic mass is 10.1. The maximum atomic E-state index is 5.01. The van der Waals surface area contributed by atoms with Gasteiger partial charge in [-0.2, -0.15) is 5.10 Å². The largest absolute Gasteiger partial charge is 0.385 e. The molecule has 1 heterocycles. The first kappa shape index (κ1) is 11.2. The smallest absolute Gasteiger partial charge is 0.0628 e. The third kappa shape index (κ3) is 2.84. The standard InChI is InChI=1S/C11H20N2O/c1-9(2)11-8-13(12-10(11)3)6-5-7-14-4/h8-9H,5-7H2,1-4H3. The molecule has 0 aliphatic carbocycles. The zero-order valence-corrected chi connectivity index (χ0v) is 9.58. The molecule has 0 amide bonds. The van der Waals surface area contributed by atoms with E-state index in [-0.39, 0.29) is 0 Å². The van der Waals surface area contributed by atoms with Crippen LogP contribution in [-0.2, 0) is 11.3 Å². The summed E-state index contributed by atoms with van der Waals surface area (Å²) in [6.45, 7) is 8.21. The van der Waals surface area contributed by atoms with Crippen molar-refractivity contribution in [2.75, 3.05) is 13.7 Å². The summed E-state index contributed by atoms with van der Waals surface area (Å²) in [4.78, 5) is 0. The summed E-state index contributed by atoms with van der Waals surface area (Å²) in [7, 11) is 1.73. The fourth-order valence-corrected chi connectivity index (χ4v) is 1.59. The highest BCUT2D eigenvalue weighted by Crippen LogP contribution is 2.17. The lowest BCUT2D eigenvalue weighted by Crippen LogP contribution is -2.01. The summed E-state index contributed by atoms with van der Waals surface area (Å²) >= 11 is 0. The van der Waals surface area contributed by atoms with Crippen LogP contribution >= 0.6 is 0 Å². The van der Waals surface area contributed by atoms with Crippen LogP contribution in [0, 0.1) is 6.92 Å². The van der Waals surface area contributed by atoms with Gasteiger partial charge in [0.05, 0.1) is 5.69 Å². The minimum absolute atomic E-state index is 0.561. The molecule has 0 saturated carbocycles. The number of ether oxygens (including phenoxy) is 1. The topological polar surface area (TPSA) is 27.1 Å². The van der Waals surface area contributed by atoms with E-state index in [0.717, 1.165) is 25.3 Å². The molecule has 0 unspecified atom stereocenters. The Labute approximate surface area is 86.1 Å². The summed E-state index contributed by atoms with van der Waals surface area (Å²) in [5.41, 5.74) is 2.50. The maximum Gasteiger partial charge on any atom is 0.0628 e. The van der Waals surface area contributed by atoms with Crippen molar-refractivity contribution >= 4 is 0 Å². The van der Waals surface area contributed by atoms with Crippen LogP contribution in [0.2, 0.25) is 0 Å². The van der Waals surface area contributed by atoms with Gasteiger partial charge < -0.3 is 4.74 Å². The molecule has 1 rings (SSSR count). The van der Waals surface area contributed by atoms with Crippen LogP contribution in [0.15, 0.2) is 6.20 Å². The van der Waals surface area contributed by atoms with Crippen molar-refractivity contribution in [2.24, 2.45) is 0 Å². The highest BCUT2D eigenvalue weighted by Gasteiger charge is 2.07. The SMILES string of the molecule is COCCCn1cc(C(C)C)c(C)n1. The quantitative estimate of drug-likeness (QED) is 0.676. The molecule has 0 N–H and O–H groups in total.